The van der Waals surface area contributed by atoms with Gasteiger partial charge in [0.25, 0.3) is 0 Å². The number of hydrogen-bond donors (Lipinski definition) is 0. The molecule has 64 valence electrons. The van der Waals surface area contributed by atoms with Crippen LogP contribution in [0.25, 0.3) is 0 Å². The first kappa shape index (κ1) is 8.72. The Hall–Kier alpha value is -0.370. The summed E-state index contributed by atoms with van der Waals surface area (Å²) in [7, 11) is 0. The van der Waals surface area contributed by atoms with Crippen LogP contribution in [0.2, 0.25) is 0 Å². The molecule has 0 radical (unpaired) electrons. The average Bonchev–Trinajstić information content (AvgIpc) is 2.34. The minimum Gasteiger partial charge on any atom is -0.370 e. The molecule has 1 aliphatic rings. The first-order chi connectivity index (χ1) is 5.02. The summed E-state index contributed by atoms with van der Waals surface area (Å²) in [4.78, 5) is 11.5. The molecule has 11 heavy (non-hydrogen) atoms. The fourth-order valence-electron chi connectivity index (χ4n) is 1.27. The lowest BCUT2D eigenvalue weighted by Crippen LogP contribution is -2.31. The third-order valence-corrected chi connectivity index (χ3v) is 1.96. The largest absolute Gasteiger partial charge is 0.370 e. The molecule has 1 unspecified atom stereocenters. The van der Waals surface area contributed by atoms with Gasteiger partial charge in [0.1, 0.15) is 6.10 Å². The number of carbonyl (C=O) groups is 1. The first-order valence-electron chi connectivity index (χ1n) is 4.18. The van der Waals surface area contributed by atoms with Crippen molar-refractivity contribution in [3.63, 3.8) is 0 Å². The van der Waals surface area contributed by atoms with E-state index in [-0.39, 0.29) is 17.3 Å². The van der Waals surface area contributed by atoms with Gasteiger partial charge in [0.05, 0.1) is 0 Å². The fourth-order valence-corrected chi connectivity index (χ4v) is 1.27. The van der Waals surface area contributed by atoms with Crippen LogP contribution >= 0.6 is 0 Å². The summed E-state index contributed by atoms with van der Waals surface area (Å²) < 4.78 is 5.29. The van der Waals surface area contributed by atoms with E-state index in [2.05, 4.69) is 0 Å². The van der Waals surface area contributed by atoms with E-state index in [0.717, 1.165) is 19.4 Å². The second-order valence-electron chi connectivity index (χ2n) is 4.12. The predicted molar refractivity (Wildman–Crippen MR) is 43.4 cm³/mol. The number of hydrogen-bond acceptors (Lipinski definition) is 2. The molecule has 1 saturated heterocycles. The normalized spacial score (nSPS) is 25.5. The monoisotopic (exact) mass is 156 g/mol. The number of ketones is 1. The van der Waals surface area contributed by atoms with Gasteiger partial charge in [-0.15, -0.1) is 0 Å². The predicted octanol–water partition coefficient (Wildman–Crippen LogP) is 1.78. The Morgan fingerprint density at radius 1 is 1.45 bits per heavy atom. The van der Waals surface area contributed by atoms with E-state index in [4.69, 9.17) is 4.74 Å². The molecule has 0 aromatic rings. The average molecular weight is 156 g/mol. The third-order valence-electron chi connectivity index (χ3n) is 1.96. The molecule has 2 heteroatoms. The molecule has 0 N–H and O–H groups in total. The van der Waals surface area contributed by atoms with Crippen molar-refractivity contribution < 1.29 is 9.53 Å². The molecule has 1 rings (SSSR count). The van der Waals surface area contributed by atoms with Crippen LogP contribution in [0, 0.1) is 5.41 Å². The number of ether oxygens (including phenoxy) is 1. The van der Waals surface area contributed by atoms with E-state index < -0.39 is 0 Å². The molecule has 0 aliphatic carbocycles. The highest BCUT2D eigenvalue weighted by molar-refractivity contribution is 5.88. The van der Waals surface area contributed by atoms with E-state index in [1.165, 1.54) is 0 Å². The maximum Gasteiger partial charge on any atom is 0.166 e. The zero-order valence-electron chi connectivity index (χ0n) is 7.52. The van der Waals surface area contributed by atoms with Crippen molar-refractivity contribution in [2.75, 3.05) is 6.61 Å². The lowest BCUT2D eigenvalue weighted by molar-refractivity contribution is -0.135. The third kappa shape index (κ3) is 2.03. The first-order valence-corrected chi connectivity index (χ1v) is 4.18. The Balaban J connectivity index is 2.53. The standard InChI is InChI=1S/C9H16O2/c1-9(2,3)8(10)7-5-4-6-11-7/h7H,4-6H2,1-3H3. The number of Topliss-reactive ketones (excluding diaryl/α,β-unsaturated/α-hetero) is 1. The molecule has 0 aromatic carbocycles. The van der Waals surface area contributed by atoms with Crippen LogP contribution in [0.4, 0.5) is 0 Å². The lowest BCUT2D eigenvalue weighted by atomic mass is 9.87. The number of rotatable bonds is 1. The van der Waals surface area contributed by atoms with Crippen molar-refractivity contribution in [2.45, 2.75) is 39.7 Å². The Bertz CT molecular complexity index is 149. The molecule has 0 saturated carbocycles. The lowest BCUT2D eigenvalue weighted by Gasteiger charge is -2.20. The van der Waals surface area contributed by atoms with E-state index in [1.807, 2.05) is 20.8 Å². The Morgan fingerprint density at radius 2 is 2.09 bits per heavy atom. The minimum absolute atomic E-state index is 0.116. The maximum atomic E-state index is 11.5. The second kappa shape index (κ2) is 2.94. The van der Waals surface area contributed by atoms with Gasteiger partial charge >= 0.3 is 0 Å². The Morgan fingerprint density at radius 3 is 2.45 bits per heavy atom. The van der Waals surface area contributed by atoms with Crippen LogP contribution in [0.5, 0.6) is 0 Å². The van der Waals surface area contributed by atoms with Crippen LogP contribution in [0.15, 0.2) is 0 Å². The molecule has 1 atom stereocenters. The van der Waals surface area contributed by atoms with Gasteiger partial charge in [0.2, 0.25) is 0 Å². The van der Waals surface area contributed by atoms with Gasteiger partial charge in [-0.05, 0) is 12.8 Å². The number of carbonyl (C=O) groups excluding carboxylic acids is 1. The van der Waals surface area contributed by atoms with E-state index in [1.54, 1.807) is 0 Å². The van der Waals surface area contributed by atoms with Crippen LogP contribution in [-0.4, -0.2) is 18.5 Å². The van der Waals surface area contributed by atoms with Gasteiger partial charge in [-0.25, -0.2) is 0 Å². The Kier molecular flexibility index (Phi) is 2.33. The molecule has 1 heterocycles. The Labute approximate surface area is 67.9 Å². The van der Waals surface area contributed by atoms with Crippen molar-refractivity contribution in [1.29, 1.82) is 0 Å². The van der Waals surface area contributed by atoms with Crippen molar-refractivity contribution in [3.05, 3.63) is 0 Å². The summed E-state index contributed by atoms with van der Waals surface area (Å²) >= 11 is 0. The molecule has 0 aromatic heterocycles. The van der Waals surface area contributed by atoms with Crippen molar-refractivity contribution in [1.82, 2.24) is 0 Å². The molecule has 1 aliphatic heterocycles. The molecule has 0 bridgehead atoms. The van der Waals surface area contributed by atoms with Gasteiger partial charge < -0.3 is 4.74 Å². The van der Waals surface area contributed by atoms with Crippen LogP contribution in [-0.2, 0) is 9.53 Å². The molecule has 0 amide bonds. The molecular formula is C9H16O2. The van der Waals surface area contributed by atoms with E-state index >= 15 is 0 Å². The van der Waals surface area contributed by atoms with Gasteiger partial charge in [-0.3, -0.25) is 4.79 Å². The molecule has 1 fully saturated rings. The fraction of sp³-hybridized carbons (Fsp3) is 0.889. The second-order valence-corrected chi connectivity index (χ2v) is 4.12. The smallest absolute Gasteiger partial charge is 0.166 e. The molecule has 0 spiro atoms. The van der Waals surface area contributed by atoms with Crippen LogP contribution < -0.4 is 0 Å². The topological polar surface area (TPSA) is 26.3 Å². The van der Waals surface area contributed by atoms with Crippen molar-refractivity contribution in [3.8, 4) is 0 Å². The van der Waals surface area contributed by atoms with Gasteiger partial charge in [0.15, 0.2) is 5.78 Å². The summed E-state index contributed by atoms with van der Waals surface area (Å²) in [6, 6.07) is 0. The van der Waals surface area contributed by atoms with Gasteiger partial charge in [0, 0.05) is 12.0 Å². The van der Waals surface area contributed by atoms with E-state index in [0.29, 0.717) is 0 Å². The minimum atomic E-state index is -0.241. The van der Waals surface area contributed by atoms with Crippen molar-refractivity contribution >= 4 is 5.78 Å². The quantitative estimate of drug-likeness (QED) is 0.578. The summed E-state index contributed by atoms with van der Waals surface area (Å²) in [5, 5.41) is 0. The molecular weight excluding hydrogens is 140 g/mol. The summed E-state index contributed by atoms with van der Waals surface area (Å²) in [6.07, 6.45) is 1.83. The zero-order valence-corrected chi connectivity index (χ0v) is 7.52. The maximum absolute atomic E-state index is 11.5. The summed E-state index contributed by atoms with van der Waals surface area (Å²) in [5.41, 5.74) is -0.241. The van der Waals surface area contributed by atoms with Crippen LogP contribution in [0.3, 0.4) is 0 Å². The van der Waals surface area contributed by atoms with Crippen molar-refractivity contribution in [2.24, 2.45) is 5.41 Å². The highest BCUT2D eigenvalue weighted by atomic mass is 16.5. The van der Waals surface area contributed by atoms with Gasteiger partial charge in [-0.2, -0.15) is 0 Å². The van der Waals surface area contributed by atoms with Gasteiger partial charge in [-0.1, -0.05) is 20.8 Å². The van der Waals surface area contributed by atoms with Crippen LogP contribution in [0.1, 0.15) is 33.6 Å². The molecule has 2 nitrogen and oxygen atoms in total. The van der Waals surface area contributed by atoms with E-state index in [9.17, 15) is 4.79 Å². The summed E-state index contributed by atoms with van der Waals surface area (Å²) in [6.45, 7) is 6.58. The SMILES string of the molecule is CC(C)(C)C(=O)C1CCCO1. The highest BCUT2D eigenvalue weighted by Gasteiger charge is 2.32. The highest BCUT2D eigenvalue weighted by Crippen LogP contribution is 2.23. The zero-order chi connectivity index (χ0) is 8.48. The summed E-state index contributed by atoms with van der Waals surface area (Å²) in [5.74, 6) is 0.245.